The second-order valence-corrected chi connectivity index (χ2v) is 11.1. The van der Waals surface area contributed by atoms with E-state index in [1.807, 2.05) is 73.7 Å². The molecule has 34 heavy (non-hydrogen) atoms. The van der Waals surface area contributed by atoms with Crippen molar-refractivity contribution in [3.8, 4) is 0 Å². The number of hydrogen-bond acceptors (Lipinski definition) is 4. The zero-order chi connectivity index (χ0) is 23.5. The van der Waals surface area contributed by atoms with Gasteiger partial charge >= 0.3 is 6.09 Å². The zero-order valence-electron chi connectivity index (χ0n) is 18.6. The van der Waals surface area contributed by atoms with Gasteiger partial charge in [-0.15, -0.1) is 0 Å². The highest BCUT2D eigenvalue weighted by Gasteiger charge is 2.61. The van der Waals surface area contributed by atoms with Crippen LogP contribution < -0.4 is 0 Å². The monoisotopic (exact) mass is 469 g/mol. The van der Waals surface area contributed by atoms with E-state index >= 15 is 0 Å². The van der Waals surface area contributed by atoms with Gasteiger partial charge < -0.3 is 4.74 Å². The van der Waals surface area contributed by atoms with Crippen LogP contribution in [0.25, 0.3) is 10.8 Å². The van der Waals surface area contributed by atoms with E-state index in [4.69, 9.17) is 4.74 Å². The van der Waals surface area contributed by atoms with Crippen molar-refractivity contribution in [3.05, 3.63) is 113 Å². The van der Waals surface area contributed by atoms with Gasteiger partial charge in [-0.1, -0.05) is 72.3 Å². The molecule has 2 atom stereocenters. The molecule has 2 heterocycles. The molecule has 0 N–H and O–H groups in total. The van der Waals surface area contributed by atoms with Crippen LogP contribution in [0.5, 0.6) is 0 Å². The molecule has 0 saturated carbocycles. The molecule has 1 saturated heterocycles. The van der Waals surface area contributed by atoms with E-state index in [9.17, 15) is 13.2 Å². The van der Waals surface area contributed by atoms with Crippen molar-refractivity contribution in [2.24, 2.45) is 0 Å². The summed E-state index contributed by atoms with van der Waals surface area (Å²) in [6.07, 6.45) is -0.494. The molecule has 0 spiro atoms. The van der Waals surface area contributed by atoms with Crippen LogP contribution in [0.4, 0.5) is 4.79 Å². The molecule has 1 amide bonds. The Kier molecular flexibility index (Phi) is 4.58. The fraction of sp³-hybridized carbons (Fsp3) is 0.179. The van der Waals surface area contributed by atoms with Gasteiger partial charge in [-0.05, 0) is 58.7 Å². The molecule has 170 valence electrons. The first kappa shape index (κ1) is 20.9. The van der Waals surface area contributed by atoms with Gasteiger partial charge in [0.05, 0.1) is 11.4 Å². The van der Waals surface area contributed by atoms with Gasteiger partial charge in [-0.2, -0.15) is 0 Å². The van der Waals surface area contributed by atoms with Gasteiger partial charge in [-0.25, -0.2) is 13.2 Å². The van der Waals surface area contributed by atoms with Crippen molar-refractivity contribution in [2.45, 2.75) is 29.2 Å². The normalized spacial score (nSPS) is 21.7. The molecule has 0 bridgehead atoms. The first-order valence-electron chi connectivity index (χ1n) is 11.2. The van der Waals surface area contributed by atoms with E-state index in [0.717, 1.165) is 33.0 Å². The Balaban J connectivity index is 1.70. The lowest BCUT2D eigenvalue weighted by Crippen LogP contribution is -2.54. The largest absolute Gasteiger partial charge is 0.446 e. The number of amides is 1. The smallest absolute Gasteiger partial charge is 0.411 e. The predicted molar refractivity (Wildman–Crippen MR) is 130 cm³/mol. The number of sulfone groups is 1. The maximum absolute atomic E-state index is 14.4. The highest BCUT2D eigenvalue weighted by atomic mass is 32.2. The third kappa shape index (κ3) is 2.91. The molecule has 5 nitrogen and oxygen atoms in total. The van der Waals surface area contributed by atoms with Crippen LogP contribution in [0.3, 0.4) is 0 Å². The van der Waals surface area contributed by atoms with Crippen LogP contribution >= 0.6 is 0 Å². The van der Waals surface area contributed by atoms with E-state index < -0.39 is 26.7 Å². The maximum Gasteiger partial charge on any atom is 0.411 e. The molecule has 2 aliphatic heterocycles. The Morgan fingerprint density at radius 1 is 0.882 bits per heavy atom. The molecule has 0 radical (unpaired) electrons. The molecular weight excluding hydrogens is 446 g/mol. The summed E-state index contributed by atoms with van der Waals surface area (Å²) >= 11 is 0. The molecule has 4 aromatic carbocycles. The van der Waals surface area contributed by atoms with Gasteiger partial charge in [0.25, 0.3) is 0 Å². The number of carbonyl (C=O) groups excluding carboxylic acids is 1. The summed E-state index contributed by atoms with van der Waals surface area (Å²) in [4.78, 5) is 14.9. The molecule has 2 aliphatic rings. The number of carbonyl (C=O) groups is 1. The fourth-order valence-electron chi connectivity index (χ4n) is 5.43. The predicted octanol–water partition coefficient (Wildman–Crippen LogP) is 5.52. The van der Waals surface area contributed by atoms with Crippen molar-refractivity contribution >= 4 is 26.7 Å². The minimum atomic E-state index is -3.92. The van der Waals surface area contributed by atoms with E-state index in [1.54, 1.807) is 29.2 Å². The summed E-state index contributed by atoms with van der Waals surface area (Å²) in [5, 5.41) is 0.949. The lowest BCUT2D eigenvalue weighted by molar-refractivity contribution is 0.132. The second kappa shape index (κ2) is 7.43. The highest BCUT2D eigenvalue weighted by molar-refractivity contribution is 7.91. The van der Waals surface area contributed by atoms with Gasteiger partial charge in [0.1, 0.15) is 17.4 Å². The number of hydrogen-bond donors (Lipinski definition) is 0. The number of aryl methyl sites for hydroxylation is 1. The van der Waals surface area contributed by atoms with Crippen LogP contribution in [0.2, 0.25) is 0 Å². The lowest BCUT2D eigenvalue weighted by Gasteiger charge is -2.46. The molecule has 6 heteroatoms. The molecule has 0 aromatic heterocycles. The third-order valence-corrected chi connectivity index (χ3v) is 9.30. The zero-order valence-corrected chi connectivity index (χ0v) is 19.5. The molecule has 6 rings (SSSR count). The van der Waals surface area contributed by atoms with Crippen molar-refractivity contribution in [2.75, 3.05) is 6.61 Å². The molecule has 1 fully saturated rings. The van der Waals surface area contributed by atoms with Crippen LogP contribution in [-0.4, -0.2) is 26.0 Å². The third-order valence-electron chi connectivity index (χ3n) is 7.10. The number of cyclic esters (lactones) is 1. The standard InChI is InChI=1S/C28H23NO4S/c1-19-11-13-24(14-12-19)34(31,32)26-25-16-21-8-6-5-7-20(21)15-22(25)17-29-27(30)33-18-28(26,29)23-9-3-2-4-10-23/h2-16,26H,17-18H2,1H3/t26-,28+/m1/s1. The minimum Gasteiger partial charge on any atom is -0.446 e. The van der Waals surface area contributed by atoms with Crippen molar-refractivity contribution in [3.63, 3.8) is 0 Å². The van der Waals surface area contributed by atoms with Gasteiger partial charge in [0, 0.05) is 0 Å². The number of ether oxygens (including phenoxy) is 1. The van der Waals surface area contributed by atoms with E-state index in [-0.39, 0.29) is 18.0 Å². The molecule has 0 unspecified atom stereocenters. The summed E-state index contributed by atoms with van der Waals surface area (Å²) in [5.41, 5.74) is 2.10. The molecule has 0 aliphatic carbocycles. The first-order valence-corrected chi connectivity index (χ1v) is 12.8. The van der Waals surface area contributed by atoms with Gasteiger partial charge in [0.15, 0.2) is 9.84 Å². The Morgan fingerprint density at radius 2 is 1.53 bits per heavy atom. The van der Waals surface area contributed by atoms with Gasteiger partial charge in [-0.3, -0.25) is 4.90 Å². The average Bonchev–Trinajstić information content (AvgIpc) is 3.18. The van der Waals surface area contributed by atoms with E-state index in [0.29, 0.717) is 0 Å². The number of benzene rings is 4. The average molecular weight is 470 g/mol. The number of fused-ring (bicyclic) bond motifs is 3. The summed E-state index contributed by atoms with van der Waals surface area (Å²) in [6, 6.07) is 28.2. The van der Waals surface area contributed by atoms with Crippen LogP contribution in [0.1, 0.15) is 27.5 Å². The fourth-order valence-corrected chi connectivity index (χ4v) is 7.62. The summed E-state index contributed by atoms with van der Waals surface area (Å²) < 4.78 is 34.5. The second-order valence-electron chi connectivity index (χ2n) is 9.07. The minimum absolute atomic E-state index is 0.0299. The Labute approximate surface area is 198 Å². The Hall–Kier alpha value is -3.64. The number of nitrogens with zero attached hydrogens (tertiary/aromatic N) is 1. The summed E-state index contributed by atoms with van der Waals surface area (Å²) in [7, 11) is -3.92. The first-order chi connectivity index (χ1) is 16.4. The lowest BCUT2D eigenvalue weighted by atomic mass is 9.78. The van der Waals surface area contributed by atoms with Gasteiger partial charge in [0.2, 0.25) is 0 Å². The van der Waals surface area contributed by atoms with E-state index in [1.165, 1.54) is 0 Å². The SMILES string of the molecule is Cc1ccc(S(=O)(=O)[C@@H]2c3cc4ccccc4cc3CN3C(=O)OC[C@]23c2ccccc2)cc1. The van der Waals surface area contributed by atoms with Crippen molar-refractivity contribution < 1.29 is 17.9 Å². The van der Waals surface area contributed by atoms with E-state index in [2.05, 4.69) is 0 Å². The van der Waals surface area contributed by atoms with Crippen molar-refractivity contribution in [1.29, 1.82) is 0 Å². The van der Waals surface area contributed by atoms with Crippen molar-refractivity contribution in [1.82, 2.24) is 4.90 Å². The molecular formula is C28H23NO4S. The highest BCUT2D eigenvalue weighted by Crippen LogP contribution is 2.55. The molecule has 4 aromatic rings. The Bertz CT molecular complexity index is 1530. The summed E-state index contributed by atoms with van der Waals surface area (Å²) in [5.74, 6) is 0. The maximum atomic E-state index is 14.4. The van der Waals surface area contributed by atoms with Crippen LogP contribution in [-0.2, 0) is 26.7 Å². The quantitative estimate of drug-likeness (QED) is 0.396. The van der Waals surface area contributed by atoms with Crippen LogP contribution in [0.15, 0.2) is 95.9 Å². The topological polar surface area (TPSA) is 63.7 Å². The summed E-state index contributed by atoms with van der Waals surface area (Å²) in [6.45, 7) is 2.18. The van der Waals surface area contributed by atoms with Crippen LogP contribution in [0, 0.1) is 6.92 Å². The Morgan fingerprint density at radius 3 is 2.24 bits per heavy atom. The number of rotatable bonds is 3.